The summed E-state index contributed by atoms with van der Waals surface area (Å²) in [5, 5.41) is 5.75. The third kappa shape index (κ3) is 5.44. The van der Waals surface area contributed by atoms with Crippen molar-refractivity contribution in [1.29, 1.82) is 0 Å². The Labute approximate surface area is 216 Å². The van der Waals surface area contributed by atoms with Crippen LogP contribution in [0.25, 0.3) is 0 Å². The molecule has 4 rings (SSSR count). The molecule has 12 heteroatoms. The lowest BCUT2D eigenvalue weighted by atomic mass is 9.94. The topological polar surface area (TPSA) is 102 Å². The highest BCUT2D eigenvalue weighted by molar-refractivity contribution is 7.11. The molecule has 9 nitrogen and oxygen atoms in total. The first-order chi connectivity index (χ1) is 17.3. The molecular weight excluding hydrogens is 511 g/mol. The Morgan fingerprint density at radius 1 is 1.39 bits per heavy atom. The summed E-state index contributed by atoms with van der Waals surface area (Å²) in [5.41, 5.74) is 1.10. The molecule has 0 radical (unpaired) electrons. The number of hydrogen-bond acceptors (Lipinski definition) is 10. The van der Waals surface area contributed by atoms with Gasteiger partial charge in [0.05, 0.1) is 32.0 Å². The number of nitrogens with one attached hydrogen (secondary N) is 1. The maximum atomic E-state index is 13.8. The molecule has 192 valence electrons. The van der Waals surface area contributed by atoms with Gasteiger partial charge >= 0.3 is 11.9 Å². The number of amidine groups is 1. The quantitative estimate of drug-likeness (QED) is 0.539. The summed E-state index contributed by atoms with van der Waals surface area (Å²) < 4.78 is 30.0. The average molecular weight is 537 g/mol. The van der Waals surface area contributed by atoms with Gasteiger partial charge in [0.2, 0.25) is 0 Å². The van der Waals surface area contributed by atoms with Crippen molar-refractivity contribution in [3.8, 4) is 0 Å². The van der Waals surface area contributed by atoms with Gasteiger partial charge in [-0.15, -0.1) is 11.3 Å². The molecule has 1 fully saturated rings. The summed E-state index contributed by atoms with van der Waals surface area (Å²) in [6.07, 6.45) is 1.22. The van der Waals surface area contributed by atoms with Gasteiger partial charge in [0.1, 0.15) is 17.9 Å². The number of methoxy groups -OCH3 is 1. The summed E-state index contributed by atoms with van der Waals surface area (Å²) >= 11 is 7.77. The van der Waals surface area contributed by atoms with Crippen molar-refractivity contribution in [3.63, 3.8) is 0 Å². The molecule has 2 aliphatic heterocycles. The number of hydrogen-bond donors (Lipinski definition) is 1. The highest BCUT2D eigenvalue weighted by Crippen LogP contribution is 2.37. The molecular formula is C24H26ClFN4O5S. The molecule has 2 aromatic rings. The lowest BCUT2D eigenvalue weighted by Crippen LogP contribution is -2.56. The van der Waals surface area contributed by atoms with Gasteiger partial charge in [0.25, 0.3) is 0 Å². The second-order valence-electron chi connectivity index (χ2n) is 8.14. The Balaban J connectivity index is 1.81. The number of ether oxygens (including phenoxy) is 3. The second kappa shape index (κ2) is 11.5. The molecule has 0 spiro atoms. The first-order valence-electron chi connectivity index (χ1n) is 11.4. The summed E-state index contributed by atoms with van der Waals surface area (Å²) in [6.45, 7) is 4.78. The van der Waals surface area contributed by atoms with E-state index in [1.807, 2.05) is 4.90 Å². The standard InChI is InChI=1S/C24H26ClFN4O5S/c1-4-34-24(32)20-13(2)35-9-8-30(20)12-17-18(23(31)33-3)19(15-6-5-14(26)11-16(15)25)29-21(28-17)22-27-7-10-36-22/h5-7,10-11,13,19-20H,4,8-9,12H2,1-3H3,(H,28,29)/t13-,19+,20+/m1/s1. The van der Waals surface area contributed by atoms with E-state index in [1.54, 1.807) is 25.4 Å². The van der Waals surface area contributed by atoms with Crippen LogP contribution in [0.5, 0.6) is 0 Å². The van der Waals surface area contributed by atoms with E-state index >= 15 is 0 Å². The molecule has 0 saturated carbocycles. The summed E-state index contributed by atoms with van der Waals surface area (Å²) in [5.74, 6) is -1.12. The van der Waals surface area contributed by atoms with Gasteiger partial charge in [0.15, 0.2) is 10.8 Å². The summed E-state index contributed by atoms with van der Waals surface area (Å²) in [4.78, 5) is 36.9. The van der Waals surface area contributed by atoms with E-state index in [4.69, 9.17) is 30.8 Å². The zero-order valence-corrected chi connectivity index (χ0v) is 21.6. The predicted molar refractivity (Wildman–Crippen MR) is 132 cm³/mol. The van der Waals surface area contributed by atoms with Crippen LogP contribution in [-0.2, 0) is 23.8 Å². The smallest absolute Gasteiger partial charge is 0.338 e. The van der Waals surface area contributed by atoms with Crippen LogP contribution in [0.2, 0.25) is 5.02 Å². The number of carbonyl (C=O) groups excluding carboxylic acids is 2. The SMILES string of the molecule is CCOC(=O)[C@@H]1[C@@H](C)OCCN1CC1=C(C(=O)OC)[C@H](c2ccc(F)cc2Cl)N=C(c2nccs2)N1. The van der Waals surface area contributed by atoms with Crippen molar-refractivity contribution in [2.24, 2.45) is 4.99 Å². The second-order valence-corrected chi connectivity index (χ2v) is 9.44. The minimum atomic E-state index is -0.889. The van der Waals surface area contributed by atoms with E-state index in [0.717, 1.165) is 0 Å². The van der Waals surface area contributed by atoms with E-state index in [2.05, 4.69) is 10.3 Å². The maximum absolute atomic E-state index is 13.8. The number of halogens is 2. The number of aromatic nitrogens is 1. The Hall–Kier alpha value is -2.86. The fourth-order valence-electron chi connectivity index (χ4n) is 4.30. The fourth-order valence-corrected chi connectivity index (χ4v) is 5.16. The number of aliphatic imine (C=N–C) groups is 1. The number of thiazole rings is 1. The van der Waals surface area contributed by atoms with Crippen LogP contribution < -0.4 is 5.32 Å². The van der Waals surface area contributed by atoms with E-state index in [1.165, 1.54) is 36.6 Å². The third-order valence-electron chi connectivity index (χ3n) is 5.91. The molecule has 0 aliphatic carbocycles. The molecule has 1 N–H and O–H groups in total. The zero-order valence-electron chi connectivity index (χ0n) is 20.0. The molecule has 36 heavy (non-hydrogen) atoms. The van der Waals surface area contributed by atoms with Crippen LogP contribution in [0, 0.1) is 5.82 Å². The van der Waals surface area contributed by atoms with Gasteiger partial charge in [-0.25, -0.2) is 14.2 Å². The van der Waals surface area contributed by atoms with Crippen molar-refractivity contribution in [3.05, 3.63) is 62.5 Å². The maximum Gasteiger partial charge on any atom is 0.338 e. The van der Waals surface area contributed by atoms with Crippen LogP contribution in [0.15, 0.2) is 46.0 Å². The van der Waals surface area contributed by atoms with Crippen LogP contribution in [-0.4, -0.2) is 73.2 Å². The van der Waals surface area contributed by atoms with Gasteiger partial charge in [-0.2, -0.15) is 0 Å². The van der Waals surface area contributed by atoms with Crippen LogP contribution >= 0.6 is 22.9 Å². The molecule has 3 atom stereocenters. The van der Waals surface area contributed by atoms with Crippen molar-refractivity contribution in [2.45, 2.75) is 32.0 Å². The molecule has 0 amide bonds. The van der Waals surface area contributed by atoms with Crippen molar-refractivity contribution in [2.75, 3.05) is 33.4 Å². The largest absolute Gasteiger partial charge is 0.466 e. The fraction of sp³-hybridized carbons (Fsp3) is 0.417. The van der Waals surface area contributed by atoms with Gasteiger partial charge < -0.3 is 19.5 Å². The minimum Gasteiger partial charge on any atom is -0.466 e. The number of esters is 2. The zero-order chi connectivity index (χ0) is 25.8. The first-order valence-corrected chi connectivity index (χ1v) is 12.6. The normalized spacial score (nSPS) is 22.6. The highest BCUT2D eigenvalue weighted by atomic mass is 35.5. The van der Waals surface area contributed by atoms with Gasteiger partial charge in [-0.05, 0) is 26.0 Å². The Morgan fingerprint density at radius 3 is 2.86 bits per heavy atom. The van der Waals surface area contributed by atoms with Gasteiger partial charge in [-0.1, -0.05) is 17.7 Å². The lowest BCUT2D eigenvalue weighted by Gasteiger charge is -2.39. The highest BCUT2D eigenvalue weighted by Gasteiger charge is 2.40. The Bertz CT molecular complexity index is 1190. The number of morpholine rings is 1. The molecule has 2 aliphatic rings. The molecule has 1 saturated heterocycles. The Kier molecular flexibility index (Phi) is 8.35. The number of rotatable bonds is 7. The predicted octanol–water partition coefficient (Wildman–Crippen LogP) is 3.11. The first kappa shape index (κ1) is 26.2. The Morgan fingerprint density at radius 2 is 2.19 bits per heavy atom. The molecule has 3 heterocycles. The van der Waals surface area contributed by atoms with Crippen molar-refractivity contribution >= 4 is 40.7 Å². The molecule has 1 aromatic heterocycles. The lowest BCUT2D eigenvalue weighted by molar-refractivity contribution is -0.161. The summed E-state index contributed by atoms with van der Waals surface area (Å²) in [7, 11) is 1.27. The minimum absolute atomic E-state index is 0.120. The summed E-state index contributed by atoms with van der Waals surface area (Å²) in [6, 6.07) is 2.36. The number of benzene rings is 1. The van der Waals surface area contributed by atoms with E-state index < -0.39 is 35.9 Å². The van der Waals surface area contributed by atoms with Crippen LogP contribution in [0.4, 0.5) is 4.39 Å². The van der Waals surface area contributed by atoms with Gasteiger partial charge in [0, 0.05) is 40.9 Å². The molecule has 0 bridgehead atoms. The van der Waals surface area contributed by atoms with Crippen LogP contribution in [0.1, 0.15) is 30.5 Å². The molecule has 1 aromatic carbocycles. The third-order valence-corrected chi connectivity index (χ3v) is 7.02. The number of carbonyl (C=O) groups is 2. The van der Waals surface area contributed by atoms with Gasteiger partial charge in [-0.3, -0.25) is 14.7 Å². The van der Waals surface area contributed by atoms with Crippen molar-refractivity contribution < 1.29 is 28.2 Å². The average Bonchev–Trinajstić information content (AvgIpc) is 3.38. The van der Waals surface area contributed by atoms with E-state index in [9.17, 15) is 14.0 Å². The number of nitrogens with zero attached hydrogens (tertiary/aromatic N) is 3. The monoisotopic (exact) mass is 536 g/mol. The molecule has 0 unspecified atom stereocenters. The van der Waals surface area contributed by atoms with E-state index in [-0.39, 0.29) is 23.7 Å². The van der Waals surface area contributed by atoms with Crippen LogP contribution in [0.3, 0.4) is 0 Å². The van der Waals surface area contributed by atoms with E-state index in [0.29, 0.717) is 35.3 Å². The van der Waals surface area contributed by atoms with Crippen molar-refractivity contribution in [1.82, 2.24) is 15.2 Å².